The van der Waals surface area contributed by atoms with Gasteiger partial charge in [-0.05, 0) is 38.8 Å². The van der Waals surface area contributed by atoms with Gasteiger partial charge in [-0.1, -0.05) is 23.7 Å². The van der Waals surface area contributed by atoms with Crippen LogP contribution in [0.2, 0.25) is 5.02 Å². The molecule has 3 aromatic rings. The Hall–Kier alpha value is -2.85. The molecular weight excluding hydrogens is 524 g/mol. The predicted molar refractivity (Wildman–Crippen MR) is 136 cm³/mol. The lowest BCUT2D eigenvalue weighted by Gasteiger charge is -2.24. The van der Waals surface area contributed by atoms with Crippen LogP contribution in [0.3, 0.4) is 0 Å². The Morgan fingerprint density at radius 3 is 2.73 bits per heavy atom. The van der Waals surface area contributed by atoms with Crippen molar-refractivity contribution in [2.24, 2.45) is 0 Å². The van der Waals surface area contributed by atoms with E-state index in [0.29, 0.717) is 30.3 Å². The molecular formula is C24H28ClFN5O5P. The van der Waals surface area contributed by atoms with E-state index in [-0.39, 0.29) is 54.1 Å². The maximum absolute atomic E-state index is 14.2. The third-order valence-electron chi connectivity index (χ3n) is 6.04. The molecule has 3 heterocycles. The highest BCUT2D eigenvalue weighted by Crippen LogP contribution is 2.48. The maximum Gasteiger partial charge on any atom is 0.382 e. The molecule has 198 valence electrons. The average Bonchev–Trinajstić information content (AvgIpc) is 3.51. The molecule has 0 radical (unpaired) electrons. The number of hydrogen-bond donors (Lipinski definition) is 1. The molecule has 2 aromatic heterocycles. The monoisotopic (exact) mass is 551 g/mol. The van der Waals surface area contributed by atoms with Gasteiger partial charge in [0.1, 0.15) is 18.4 Å². The molecule has 1 fully saturated rings. The number of hydrogen-bond acceptors (Lipinski definition) is 7. The van der Waals surface area contributed by atoms with Crippen molar-refractivity contribution in [3.63, 3.8) is 0 Å². The quantitative estimate of drug-likeness (QED) is 0.384. The molecule has 0 spiro atoms. The summed E-state index contributed by atoms with van der Waals surface area (Å²) in [5.41, 5.74) is 0.857. The van der Waals surface area contributed by atoms with E-state index < -0.39 is 19.5 Å². The molecule has 0 aliphatic carbocycles. The van der Waals surface area contributed by atoms with Crippen LogP contribution in [-0.4, -0.2) is 57.3 Å². The molecule has 4 rings (SSSR count). The molecule has 1 aliphatic heterocycles. The van der Waals surface area contributed by atoms with E-state index in [9.17, 15) is 18.5 Å². The molecule has 1 saturated heterocycles. The zero-order valence-electron chi connectivity index (χ0n) is 20.5. The summed E-state index contributed by atoms with van der Waals surface area (Å²) in [6, 6.07) is 5.51. The summed E-state index contributed by atoms with van der Waals surface area (Å²) in [6.45, 7) is 3.85. The molecule has 10 nitrogen and oxygen atoms in total. The first-order valence-electron chi connectivity index (χ1n) is 12.0. The van der Waals surface area contributed by atoms with Gasteiger partial charge in [-0.25, -0.2) is 4.39 Å². The van der Waals surface area contributed by atoms with Gasteiger partial charge in [-0.15, -0.1) is 0 Å². The summed E-state index contributed by atoms with van der Waals surface area (Å²) in [5.74, 6) is -1.31. The van der Waals surface area contributed by atoms with Crippen molar-refractivity contribution in [3.8, 4) is 0 Å². The Balaban J connectivity index is 1.52. The van der Waals surface area contributed by atoms with Gasteiger partial charge < -0.3 is 19.3 Å². The number of nitrogens with zero attached hydrogens (tertiary/aromatic N) is 4. The van der Waals surface area contributed by atoms with Crippen molar-refractivity contribution in [1.82, 2.24) is 25.0 Å². The highest BCUT2D eigenvalue weighted by molar-refractivity contribution is 7.62. The van der Waals surface area contributed by atoms with Gasteiger partial charge in [0.05, 0.1) is 29.9 Å². The normalized spacial score (nSPS) is 15.9. The largest absolute Gasteiger partial charge is 0.382 e. The number of fused-ring (bicyclic) bond motifs is 1. The Bertz CT molecular complexity index is 1340. The van der Waals surface area contributed by atoms with E-state index in [1.165, 1.54) is 34.1 Å². The van der Waals surface area contributed by atoms with Crippen LogP contribution in [0.15, 0.2) is 36.7 Å². The summed E-state index contributed by atoms with van der Waals surface area (Å²) in [5, 5.41) is 7.62. The smallest absolute Gasteiger partial charge is 0.350 e. The van der Waals surface area contributed by atoms with Crippen LogP contribution in [0.4, 0.5) is 4.39 Å². The van der Waals surface area contributed by atoms with E-state index >= 15 is 0 Å². The molecule has 0 saturated carbocycles. The lowest BCUT2D eigenvalue weighted by atomic mass is 10.1. The second-order valence-electron chi connectivity index (χ2n) is 8.38. The minimum atomic E-state index is -3.73. The highest BCUT2D eigenvalue weighted by atomic mass is 35.5. The maximum atomic E-state index is 14.2. The van der Waals surface area contributed by atoms with Gasteiger partial charge in [0.15, 0.2) is 5.44 Å². The number of carbonyl (C=O) groups is 2. The van der Waals surface area contributed by atoms with Crippen molar-refractivity contribution >= 4 is 47.3 Å². The van der Waals surface area contributed by atoms with E-state index in [1.54, 1.807) is 26.0 Å². The van der Waals surface area contributed by atoms with E-state index in [4.69, 9.17) is 20.6 Å². The molecule has 0 bridgehead atoms. The van der Waals surface area contributed by atoms with Gasteiger partial charge >= 0.3 is 7.60 Å². The number of pyridine rings is 1. The van der Waals surface area contributed by atoms with Crippen LogP contribution in [0.25, 0.3) is 10.9 Å². The second-order valence-corrected chi connectivity index (χ2v) is 10.7. The molecule has 13 heteroatoms. The van der Waals surface area contributed by atoms with Crippen molar-refractivity contribution in [2.75, 3.05) is 19.8 Å². The summed E-state index contributed by atoms with van der Waals surface area (Å²) >= 11 is 5.82. The number of halogens is 2. The number of nitrogens with one attached hydrogen (secondary N) is 1. The average molecular weight is 552 g/mol. The first kappa shape index (κ1) is 27.2. The molecule has 1 atom stereocenters. The van der Waals surface area contributed by atoms with Gasteiger partial charge in [0.2, 0.25) is 11.8 Å². The molecule has 2 amide bonds. The molecule has 1 aromatic carbocycles. The third-order valence-corrected chi connectivity index (χ3v) is 8.37. The summed E-state index contributed by atoms with van der Waals surface area (Å²) < 4.78 is 40.0. The van der Waals surface area contributed by atoms with Crippen molar-refractivity contribution in [3.05, 3.63) is 53.1 Å². The fourth-order valence-electron chi connectivity index (χ4n) is 4.37. The Kier molecular flexibility index (Phi) is 8.59. The number of carbonyl (C=O) groups excluding carboxylic acids is 2. The van der Waals surface area contributed by atoms with E-state index in [2.05, 4.69) is 15.4 Å². The second kappa shape index (κ2) is 11.7. The SMILES string of the molecule is CCOP(=O)(OCC)c1nn(CC(=O)N2CCC[C@H]2C(=O)NCc2cccc(Cl)c2F)c2cnccc12. The number of likely N-dealkylation sites (tertiary alicyclic amines) is 1. The van der Waals surface area contributed by atoms with Gasteiger partial charge in [0.25, 0.3) is 0 Å². The van der Waals surface area contributed by atoms with Crippen molar-refractivity contribution in [1.29, 1.82) is 0 Å². The summed E-state index contributed by atoms with van der Waals surface area (Å²) in [4.78, 5) is 31.8. The highest BCUT2D eigenvalue weighted by Gasteiger charge is 2.36. The van der Waals surface area contributed by atoms with Crippen LogP contribution >= 0.6 is 19.2 Å². The minimum Gasteiger partial charge on any atom is -0.350 e. The molecule has 37 heavy (non-hydrogen) atoms. The topological polar surface area (TPSA) is 116 Å². The van der Waals surface area contributed by atoms with Crippen LogP contribution < -0.4 is 10.8 Å². The first-order chi connectivity index (χ1) is 17.8. The van der Waals surface area contributed by atoms with Gasteiger partial charge in [-0.3, -0.25) is 23.8 Å². The third kappa shape index (κ3) is 5.70. The van der Waals surface area contributed by atoms with Crippen LogP contribution in [0.5, 0.6) is 0 Å². The fourth-order valence-corrected chi connectivity index (χ4v) is 6.26. The lowest BCUT2D eigenvalue weighted by Crippen LogP contribution is -2.46. The molecule has 0 unspecified atom stereocenters. The molecule has 1 N–H and O–H groups in total. The Labute approximate surface area is 218 Å². The lowest BCUT2D eigenvalue weighted by molar-refractivity contribution is -0.139. The van der Waals surface area contributed by atoms with Crippen molar-refractivity contribution in [2.45, 2.75) is 45.8 Å². The number of benzene rings is 1. The van der Waals surface area contributed by atoms with Crippen LogP contribution in [-0.2, 0) is 36.3 Å². The Morgan fingerprint density at radius 1 is 1.24 bits per heavy atom. The number of amides is 2. The van der Waals surface area contributed by atoms with E-state index in [1.807, 2.05) is 0 Å². The van der Waals surface area contributed by atoms with E-state index in [0.717, 1.165) is 0 Å². The number of rotatable bonds is 10. The van der Waals surface area contributed by atoms with Gasteiger partial charge in [0, 0.05) is 30.2 Å². The fraction of sp³-hybridized carbons (Fsp3) is 0.417. The predicted octanol–water partition coefficient (Wildman–Crippen LogP) is 3.42. The van der Waals surface area contributed by atoms with Gasteiger partial charge in [-0.2, -0.15) is 5.10 Å². The van der Waals surface area contributed by atoms with Crippen molar-refractivity contribution < 1.29 is 27.6 Å². The standard InChI is InChI=1S/C24H28ClFN5O5P/c1-3-35-37(34,36-4-2)24-17-10-11-27-14-20(17)31(29-24)15-21(32)30-12-6-9-19(30)23(33)28-13-16-7-5-8-18(25)22(16)26/h5,7-8,10-11,14,19H,3-4,6,9,12-13,15H2,1-2H3,(H,28,33)/t19-/m0/s1. The summed E-state index contributed by atoms with van der Waals surface area (Å²) in [7, 11) is -3.73. The Morgan fingerprint density at radius 2 is 2.00 bits per heavy atom. The first-order valence-corrected chi connectivity index (χ1v) is 13.9. The number of aromatic nitrogens is 3. The summed E-state index contributed by atoms with van der Waals surface area (Å²) in [6.07, 6.45) is 4.18. The molecule has 1 aliphatic rings. The zero-order valence-corrected chi connectivity index (χ0v) is 22.2. The zero-order chi connectivity index (χ0) is 26.6. The minimum absolute atomic E-state index is 0.0250. The van der Waals surface area contributed by atoms with Crippen LogP contribution in [0, 0.1) is 5.82 Å². The van der Waals surface area contributed by atoms with Crippen LogP contribution in [0.1, 0.15) is 32.3 Å².